The van der Waals surface area contributed by atoms with Gasteiger partial charge in [0.2, 0.25) is 0 Å². The fourth-order valence-electron chi connectivity index (χ4n) is 3.93. The highest BCUT2D eigenvalue weighted by Crippen LogP contribution is 2.22. The highest BCUT2D eigenvalue weighted by molar-refractivity contribution is 6.12. The van der Waals surface area contributed by atoms with Crippen LogP contribution in [0.2, 0.25) is 0 Å². The number of amides is 1. The minimum Gasteiger partial charge on any atom is -0.480 e. The van der Waals surface area contributed by atoms with E-state index < -0.39 is 5.97 Å². The molecule has 0 heterocycles. The summed E-state index contributed by atoms with van der Waals surface area (Å²) in [7, 11) is 0. The van der Waals surface area contributed by atoms with E-state index >= 15 is 0 Å². The van der Waals surface area contributed by atoms with Crippen molar-refractivity contribution in [3.8, 4) is 0 Å². The van der Waals surface area contributed by atoms with Crippen molar-refractivity contribution in [1.82, 2.24) is 10.6 Å². The Morgan fingerprint density at radius 2 is 1.82 bits per heavy atom. The molecule has 1 amide bonds. The molecule has 1 aliphatic rings. The number of benzene rings is 2. The van der Waals surface area contributed by atoms with Crippen LogP contribution >= 0.6 is 0 Å². The highest BCUT2D eigenvalue weighted by Gasteiger charge is 2.15. The number of nitrogens with zero attached hydrogens (tertiary/aromatic N) is 1. The Bertz CT molecular complexity index is 956. The molecule has 0 spiro atoms. The topological polar surface area (TPSA) is 126 Å². The van der Waals surface area contributed by atoms with Crippen LogP contribution in [0.4, 0.5) is 5.69 Å². The van der Waals surface area contributed by atoms with E-state index in [2.05, 4.69) is 15.8 Å². The SMILES string of the molecule is Nc1ccc(C(=NOCC(=O)NCC2CCCCC2)c2ccccc2)cc1CNCC(=O)O. The average molecular weight is 453 g/mol. The van der Waals surface area contributed by atoms with Crippen molar-refractivity contribution < 1.29 is 19.5 Å². The number of nitrogen functional groups attached to an aromatic ring is 1. The molecule has 0 bridgehead atoms. The first-order valence-electron chi connectivity index (χ1n) is 11.4. The summed E-state index contributed by atoms with van der Waals surface area (Å²) in [6, 6.07) is 14.9. The number of aliphatic carboxylic acids is 1. The predicted octanol–water partition coefficient (Wildman–Crippen LogP) is 2.91. The van der Waals surface area contributed by atoms with Gasteiger partial charge in [-0.25, -0.2) is 0 Å². The number of nitrogens with one attached hydrogen (secondary N) is 2. The zero-order chi connectivity index (χ0) is 23.5. The molecule has 0 saturated heterocycles. The van der Waals surface area contributed by atoms with Crippen LogP contribution < -0.4 is 16.4 Å². The monoisotopic (exact) mass is 452 g/mol. The quantitative estimate of drug-likeness (QED) is 0.236. The molecule has 5 N–H and O–H groups in total. The number of oxime groups is 1. The van der Waals surface area contributed by atoms with E-state index in [1.807, 2.05) is 42.5 Å². The molecular weight excluding hydrogens is 420 g/mol. The summed E-state index contributed by atoms with van der Waals surface area (Å²) in [5.74, 6) is -0.576. The van der Waals surface area contributed by atoms with E-state index in [0.29, 0.717) is 30.4 Å². The van der Waals surface area contributed by atoms with E-state index in [0.717, 1.165) is 29.5 Å². The number of carboxylic acids is 1. The normalized spacial score (nSPS) is 14.6. The lowest BCUT2D eigenvalue weighted by atomic mass is 9.89. The fourth-order valence-corrected chi connectivity index (χ4v) is 3.93. The largest absolute Gasteiger partial charge is 0.480 e. The molecule has 1 aliphatic carbocycles. The molecule has 0 radical (unpaired) electrons. The average Bonchev–Trinajstić information content (AvgIpc) is 2.83. The second-order valence-corrected chi connectivity index (χ2v) is 8.30. The van der Waals surface area contributed by atoms with Crippen molar-refractivity contribution in [2.75, 3.05) is 25.4 Å². The van der Waals surface area contributed by atoms with Crippen molar-refractivity contribution in [2.24, 2.45) is 11.1 Å². The van der Waals surface area contributed by atoms with Crippen molar-refractivity contribution in [2.45, 2.75) is 38.6 Å². The van der Waals surface area contributed by atoms with Crippen molar-refractivity contribution >= 4 is 23.3 Å². The lowest BCUT2D eigenvalue weighted by molar-refractivity contribution is -0.136. The molecule has 2 aromatic carbocycles. The van der Waals surface area contributed by atoms with E-state index in [1.54, 1.807) is 6.07 Å². The van der Waals surface area contributed by atoms with Crippen molar-refractivity contribution in [3.05, 3.63) is 65.2 Å². The van der Waals surface area contributed by atoms with Crippen LogP contribution in [-0.2, 0) is 21.0 Å². The van der Waals surface area contributed by atoms with Crippen LogP contribution in [0.1, 0.15) is 48.8 Å². The third-order valence-electron chi connectivity index (χ3n) is 5.72. The lowest BCUT2D eigenvalue weighted by Gasteiger charge is -2.21. The number of carbonyl (C=O) groups excluding carboxylic acids is 1. The van der Waals surface area contributed by atoms with Crippen LogP contribution in [-0.4, -0.2) is 42.4 Å². The van der Waals surface area contributed by atoms with Gasteiger partial charge in [0, 0.05) is 29.9 Å². The van der Waals surface area contributed by atoms with Gasteiger partial charge in [-0.1, -0.05) is 60.8 Å². The first kappa shape index (κ1) is 24.3. The standard InChI is InChI=1S/C25H32N4O4/c26-22-12-11-20(13-21(22)15-27-16-24(31)32)25(19-9-5-2-6-10-19)29-33-17-23(30)28-14-18-7-3-1-4-8-18/h2,5-6,9-13,18,27H,1,3-4,7-8,14-17,26H2,(H,28,30)(H,31,32). The van der Waals surface area contributed by atoms with Gasteiger partial charge in [0.25, 0.3) is 5.91 Å². The maximum atomic E-state index is 12.2. The molecule has 1 saturated carbocycles. The van der Waals surface area contributed by atoms with Gasteiger partial charge in [0.1, 0.15) is 5.71 Å². The molecule has 0 aromatic heterocycles. The van der Waals surface area contributed by atoms with Crippen LogP contribution in [0.15, 0.2) is 53.7 Å². The summed E-state index contributed by atoms with van der Waals surface area (Å²) >= 11 is 0. The smallest absolute Gasteiger partial charge is 0.317 e. The summed E-state index contributed by atoms with van der Waals surface area (Å²) in [6.07, 6.45) is 6.08. The van der Waals surface area contributed by atoms with E-state index in [-0.39, 0.29) is 19.1 Å². The van der Waals surface area contributed by atoms with Gasteiger partial charge in [-0.15, -0.1) is 0 Å². The second kappa shape index (κ2) is 12.6. The lowest BCUT2D eigenvalue weighted by Crippen LogP contribution is -2.32. The first-order valence-corrected chi connectivity index (χ1v) is 11.4. The molecule has 3 rings (SSSR count). The fraction of sp³-hybridized carbons (Fsp3) is 0.400. The third kappa shape index (κ3) is 7.91. The Morgan fingerprint density at radius 3 is 2.55 bits per heavy atom. The second-order valence-electron chi connectivity index (χ2n) is 8.30. The highest BCUT2D eigenvalue weighted by atomic mass is 16.6. The molecule has 2 aromatic rings. The molecule has 0 atom stereocenters. The van der Waals surface area contributed by atoms with Crippen LogP contribution in [0.5, 0.6) is 0 Å². The van der Waals surface area contributed by atoms with Gasteiger partial charge < -0.3 is 26.3 Å². The first-order chi connectivity index (χ1) is 16.0. The molecule has 0 aliphatic heterocycles. The minimum absolute atomic E-state index is 0.162. The number of nitrogens with two attached hydrogens (primary N) is 1. The van der Waals surface area contributed by atoms with Gasteiger partial charge in [-0.05, 0) is 36.5 Å². The Morgan fingerprint density at radius 1 is 1.06 bits per heavy atom. The molecule has 8 nitrogen and oxygen atoms in total. The Labute approximate surface area is 194 Å². The van der Waals surface area contributed by atoms with Crippen LogP contribution in [0.3, 0.4) is 0 Å². The molecule has 8 heteroatoms. The van der Waals surface area contributed by atoms with E-state index in [1.165, 1.54) is 19.3 Å². The Balaban J connectivity index is 1.68. The van der Waals surface area contributed by atoms with Crippen LogP contribution in [0.25, 0.3) is 0 Å². The van der Waals surface area contributed by atoms with Gasteiger partial charge in [0.15, 0.2) is 6.61 Å². The maximum Gasteiger partial charge on any atom is 0.317 e. The number of anilines is 1. The van der Waals surface area contributed by atoms with Crippen molar-refractivity contribution in [1.29, 1.82) is 0 Å². The number of carboxylic acid groups (broad SMARTS) is 1. The molecule has 1 fully saturated rings. The van der Waals surface area contributed by atoms with Gasteiger partial charge in [-0.3, -0.25) is 9.59 Å². The zero-order valence-electron chi connectivity index (χ0n) is 18.8. The van der Waals surface area contributed by atoms with E-state index in [4.69, 9.17) is 15.7 Å². The van der Waals surface area contributed by atoms with Gasteiger partial charge >= 0.3 is 5.97 Å². The molecular formula is C25H32N4O4. The zero-order valence-corrected chi connectivity index (χ0v) is 18.8. The number of hydrogen-bond donors (Lipinski definition) is 4. The van der Waals surface area contributed by atoms with Gasteiger partial charge in [0.05, 0.1) is 6.54 Å². The van der Waals surface area contributed by atoms with Gasteiger partial charge in [-0.2, -0.15) is 0 Å². The Kier molecular flexibility index (Phi) is 9.26. The molecule has 176 valence electrons. The number of rotatable bonds is 11. The van der Waals surface area contributed by atoms with Crippen LogP contribution in [0, 0.1) is 5.92 Å². The van der Waals surface area contributed by atoms with E-state index in [9.17, 15) is 9.59 Å². The Hall–Kier alpha value is -3.39. The third-order valence-corrected chi connectivity index (χ3v) is 5.72. The summed E-state index contributed by atoms with van der Waals surface area (Å²) < 4.78 is 0. The number of carbonyl (C=O) groups is 2. The molecule has 33 heavy (non-hydrogen) atoms. The number of hydrogen-bond acceptors (Lipinski definition) is 6. The summed E-state index contributed by atoms with van der Waals surface area (Å²) in [5, 5.41) is 18.9. The van der Waals surface area contributed by atoms with Crippen molar-refractivity contribution in [3.63, 3.8) is 0 Å². The summed E-state index contributed by atoms with van der Waals surface area (Å²) in [5.41, 5.74) is 9.52. The maximum absolute atomic E-state index is 12.2. The predicted molar refractivity (Wildman–Crippen MR) is 128 cm³/mol. The summed E-state index contributed by atoms with van der Waals surface area (Å²) in [4.78, 5) is 28.5. The molecule has 0 unspecified atom stereocenters. The minimum atomic E-state index is -0.938. The summed E-state index contributed by atoms with van der Waals surface area (Å²) in [6.45, 7) is 0.661.